The van der Waals surface area contributed by atoms with E-state index in [1.54, 1.807) is 43.5 Å². The molecule has 3 rings (SSSR count). The molecule has 0 saturated carbocycles. The minimum absolute atomic E-state index is 0.0302. The minimum Gasteiger partial charge on any atom is -0.372 e. The van der Waals surface area contributed by atoms with E-state index in [1.807, 2.05) is 19.1 Å². The van der Waals surface area contributed by atoms with Crippen LogP contribution in [0.5, 0.6) is 0 Å². The number of carbonyl (C=O) groups is 2. The molecular weight excluding hydrogens is 444 g/mol. The van der Waals surface area contributed by atoms with Crippen molar-refractivity contribution in [2.24, 2.45) is 5.73 Å². The van der Waals surface area contributed by atoms with Crippen LogP contribution in [-0.2, 0) is 9.53 Å². The molecule has 2 amide bonds. The van der Waals surface area contributed by atoms with Gasteiger partial charge in [0.1, 0.15) is 5.60 Å². The van der Waals surface area contributed by atoms with Gasteiger partial charge in [-0.05, 0) is 37.3 Å². The van der Waals surface area contributed by atoms with Crippen LogP contribution in [-0.4, -0.2) is 36.0 Å². The molecule has 0 aliphatic heterocycles. The van der Waals surface area contributed by atoms with Crippen molar-refractivity contribution in [2.75, 3.05) is 19.0 Å². The standard InChI is InChI=1S/C23H24N4O5S/c1-23(32-2)13-4-3-8-19(23)26-22(29)21-17(25-20(28)14-24)6-5-7-18(21)33-16-11-9-15(10-12-16)27(30)31/h3-12H,13-14,24H2,1-2H3,(H,25,28)(H,26,29). The van der Waals surface area contributed by atoms with Crippen LogP contribution in [0.2, 0.25) is 0 Å². The summed E-state index contributed by atoms with van der Waals surface area (Å²) in [7, 11) is 1.57. The number of benzene rings is 2. The maximum absolute atomic E-state index is 13.4. The maximum atomic E-state index is 13.4. The molecule has 2 aromatic carbocycles. The third-order valence-corrected chi connectivity index (χ3v) is 6.23. The monoisotopic (exact) mass is 468 g/mol. The summed E-state index contributed by atoms with van der Waals surface area (Å²) in [4.78, 5) is 37.1. The smallest absolute Gasteiger partial charge is 0.269 e. The van der Waals surface area contributed by atoms with Crippen LogP contribution in [0.15, 0.2) is 76.2 Å². The van der Waals surface area contributed by atoms with Crippen LogP contribution >= 0.6 is 11.8 Å². The normalized spacial score (nSPS) is 17.2. The Labute approximate surface area is 195 Å². The second-order valence-electron chi connectivity index (χ2n) is 7.39. The first-order valence-corrected chi connectivity index (χ1v) is 10.9. The number of nitrogens with zero attached hydrogens (tertiary/aromatic N) is 1. The average molecular weight is 469 g/mol. The summed E-state index contributed by atoms with van der Waals surface area (Å²) >= 11 is 1.25. The van der Waals surface area contributed by atoms with Gasteiger partial charge in [-0.2, -0.15) is 0 Å². The zero-order valence-corrected chi connectivity index (χ0v) is 19.0. The van der Waals surface area contributed by atoms with Gasteiger partial charge in [-0.15, -0.1) is 0 Å². The largest absolute Gasteiger partial charge is 0.372 e. The Morgan fingerprint density at radius 1 is 1.21 bits per heavy atom. The number of nitrogens with two attached hydrogens (primary N) is 1. The summed E-state index contributed by atoms with van der Waals surface area (Å²) in [5.74, 6) is -0.875. The number of nitro groups is 1. The molecule has 0 heterocycles. The Morgan fingerprint density at radius 3 is 2.58 bits per heavy atom. The Bertz CT molecular complexity index is 1130. The first-order chi connectivity index (χ1) is 15.8. The second kappa shape index (κ2) is 10.4. The predicted molar refractivity (Wildman–Crippen MR) is 126 cm³/mol. The molecule has 4 N–H and O–H groups in total. The number of non-ortho nitro benzene ring substituents is 1. The van der Waals surface area contributed by atoms with Gasteiger partial charge in [-0.25, -0.2) is 0 Å². The second-order valence-corrected chi connectivity index (χ2v) is 8.50. The summed E-state index contributed by atoms with van der Waals surface area (Å²) in [5, 5.41) is 16.5. The zero-order valence-electron chi connectivity index (χ0n) is 18.2. The molecule has 33 heavy (non-hydrogen) atoms. The van der Waals surface area contributed by atoms with Crippen molar-refractivity contribution in [2.45, 2.75) is 28.7 Å². The molecule has 0 fully saturated rings. The zero-order chi connectivity index (χ0) is 24.0. The number of amides is 2. The number of rotatable bonds is 8. The topological polar surface area (TPSA) is 137 Å². The van der Waals surface area contributed by atoms with Crippen molar-refractivity contribution < 1.29 is 19.2 Å². The number of ether oxygens (including phenoxy) is 1. The first kappa shape index (κ1) is 24.2. The lowest BCUT2D eigenvalue weighted by atomic mass is 9.93. The molecule has 0 bridgehead atoms. The number of hydrogen-bond donors (Lipinski definition) is 3. The molecule has 0 spiro atoms. The molecule has 1 unspecified atom stereocenters. The minimum atomic E-state index is -0.703. The summed E-state index contributed by atoms with van der Waals surface area (Å²) in [6, 6.07) is 11.1. The van der Waals surface area contributed by atoms with E-state index in [2.05, 4.69) is 10.6 Å². The van der Waals surface area contributed by atoms with Crippen molar-refractivity contribution in [3.8, 4) is 0 Å². The summed E-state index contributed by atoms with van der Waals surface area (Å²) in [5.41, 5.74) is 5.85. The highest BCUT2D eigenvalue weighted by molar-refractivity contribution is 7.99. The molecule has 0 saturated heterocycles. The van der Waals surface area contributed by atoms with Crippen molar-refractivity contribution in [1.82, 2.24) is 5.32 Å². The first-order valence-electron chi connectivity index (χ1n) is 10.1. The Kier molecular flexibility index (Phi) is 7.64. The van der Waals surface area contributed by atoms with E-state index in [1.165, 1.54) is 23.9 Å². The molecule has 2 aromatic rings. The molecule has 1 aliphatic carbocycles. The van der Waals surface area contributed by atoms with Crippen LogP contribution in [0.25, 0.3) is 0 Å². The SMILES string of the molecule is COC1(C)CC=CC=C1NC(=O)c1c(NC(=O)CN)cccc1Sc1ccc([N+](=O)[O-])cc1. The van der Waals surface area contributed by atoms with Crippen LogP contribution in [0, 0.1) is 10.1 Å². The fraction of sp³-hybridized carbons (Fsp3) is 0.217. The van der Waals surface area contributed by atoms with E-state index >= 15 is 0 Å². The van der Waals surface area contributed by atoms with E-state index in [4.69, 9.17) is 10.5 Å². The van der Waals surface area contributed by atoms with Crippen LogP contribution in [0.1, 0.15) is 23.7 Å². The van der Waals surface area contributed by atoms with Crippen molar-refractivity contribution in [3.05, 3.63) is 82.1 Å². The quantitative estimate of drug-likeness (QED) is 0.397. The van der Waals surface area contributed by atoms with Gasteiger partial charge in [-0.1, -0.05) is 30.0 Å². The Morgan fingerprint density at radius 2 is 1.94 bits per heavy atom. The predicted octanol–water partition coefficient (Wildman–Crippen LogP) is 3.62. The number of nitro benzene ring substituents is 1. The van der Waals surface area contributed by atoms with E-state index in [0.29, 0.717) is 27.6 Å². The van der Waals surface area contributed by atoms with Crippen LogP contribution in [0.3, 0.4) is 0 Å². The van der Waals surface area contributed by atoms with E-state index < -0.39 is 22.3 Å². The van der Waals surface area contributed by atoms with Gasteiger partial charge >= 0.3 is 0 Å². The van der Waals surface area contributed by atoms with E-state index in [0.717, 1.165) is 0 Å². The molecule has 9 nitrogen and oxygen atoms in total. The van der Waals surface area contributed by atoms with Crippen molar-refractivity contribution in [1.29, 1.82) is 0 Å². The number of carbonyl (C=O) groups excluding carboxylic acids is 2. The molecule has 10 heteroatoms. The highest BCUT2D eigenvalue weighted by atomic mass is 32.2. The van der Waals surface area contributed by atoms with E-state index in [-0.39, 0.29) is 17.8 Å². The highest BCUT2D eigenvalue weighted by Crippen LogP contribution is 2.35. The summed E-state index contributed by atoms with van der Waals surface area (Å²) in [6.07, 6.45) is 6.15. The fourth-order valence-corrected chi connectivity index (χ4v) is 4.19. The Balaban J connectivity index is 1.98. The lowest BCUT2D eigenvalue weighted by Gasteiger charge is -2.32. The number of allylic oxidation sites excluding steroid dienone is 2. The molecule has 172 valence electrons. The van der Waals surface area contributed by atoms with Gasteiger partial charge in [0.25, 0.3) is 11.6 Å². The number of hydrogen-bond acceptors (Lipinski definition) is 7. The molecule has 1 atom stereocenters. The third kappa shape index (κ3) is 5.67. The van der Waals surface area contributed by atoms with Crippen LogP contribution in [0.4, 0.5) is 11.4 Å². The summed E-state index contributed by atoms with van der Waals surface area (Å²) < 4.78 is 5.62. The number of anilines is 1. The van der Waals surface area contributed by atoms with Gasteiger partial charge in [-0.3, -0.25) is 19.7 Å². The Hall–Kier alpha value is -3.47. The number of methoxy groups -OCH3 is 1. The average Bonchev–Trinajstić information content (AvgIpc) is 2.81. The van der Waals surface area contributed by atoms with Crippen molar-refractivity contribution >= 4 is 35.0 Å². The van der Waals surface area contributed by atoms with Gasteiger partial charge < -0.3 is 21.1 Å². The third-order valence-electron chi connectivity index (χ3n) is 5.16. The molecular formula is C23H24N4O5S. The highest BCUT2D eigenvalue weighted by Gasteiger charge is 2.31. The maximum Gasteiger partial charge on any atom is 0.269 e. The van der Waals surface area contributed by atoms with Crippen LogP contribution < -0.4 is 16.4 Å². The molecule has 0 aromatic heterocycles. The molecule has 0 radical (unpaired) electrons. The fourth-order valence-electron chi connectivity index (χ4n) is 3.21. The van der Waals surface area contributed by atoms with Gasteiger partial charge in [0.15, 0.2) is 0 Å². The van der Waals surface area contributed by atoms with Gasteiger partial charge in [0.2, 0.25) is 5.91 Å². The van der Waals surface area contributed by atoms with E-state index in [9.17, 15) is 19.7 Å². The van der Waals surface area contributed by atoms with Gasteiger partial charge in [0.05, 0.1) is 28.4 Å². The van der Waals surface area contributed by atoms with Crippen molar-refractivity contribution in [3.63, 3.8) is 0 Å². The number of nitrogens with one attached hydrogen (secondary N) is 2. The lowest BCUT2D eigenvalue weighted by Crippen LogP contribution is -2.40. The molecule has 1 aliphatic rings. The summed E-state index contributed by atoms with van der Waals surface area (Å²) in [6.45, 7) is 1.63. The van der Waals surface area contributed by atoms with Gasteiger partial charge in [0, 0.05) is 35.5 Å². The lowest BCUT2D eigenvalue weighted by molar-refractivity contribution is -0.384.